The fourth-order valence-electron chi connectivity index (χ4n) is 2.10. The van der Waals surface area contributed by atoms with Gasteiger partial charge < -0.3 is 20.5 Å². The van der Waals surface area contributed by atoms with Crippen molar-refractivity contribution >= 4 is 11.6 Å². The van der Waals surface area contributed by atoms with Crippen molar-refractivity contribution in [1.82, 2.24) is 5.32 Å². The number of anilines is 1. The first-order valence-corrected chi connectivity index (χ1v) is 7.34. The van der Waals surface area contributed by atoms with Crippen LogP contribution in [-0.2, 0) is 4.79 Å². The van der Waals surface area contributed by atoms with Gasteiger partial charge in [-0.1, -0.05) is 13.8 Å². The normalized spacial score (nSPS) is 11.2. The fourth-order valence-corrected chi connectivity index (χ4v) is 2.10. The maximum absolute atomic E-state index is 11.9. The number of methoxy groups -OCH3 is 1. The highest BCUT2D eigenvalue weighted by molar-refractivity contribution is 5.92. The smallest absolute Gasteiger partial charge is 0.238 e. The van der Waals surface area contributed by atoms with E-state index in [0.717, 1.165) is 24.3 Å². The van der Waals surface area contributed by atoms with Gasteiger partial charge >= 0.3 is 0 Å². The minimum atomic E-state index is -0.138. The first kappa shape index (κ1) is 17.5. The lowest BCUT2D eigenvalue weighted by molar-refractivity contribution is -0.115. The predicted octanol–water partition coefficient (Wildman–Crippen LogP) is 2.02. The Morgan fingerprint density at radius 3 is 2.33 bits per heavy atom. The molecule has 0 aliphatic rings. The van der Waals surface area contributed by atoms with E-state index in [9.17, 15) is 9.90 Å². The molecule has 5 heteroatoms. The lowest BCUT2D eigenvalue weighted by Crippen LogP contribution is -2.39. The first-order valence-electron chi connectivity index (χ1n) is 7.34. The van der Waals surface area contributed by atoms with Gasteiger partial charge in [-0.25, -0.2) is 0 Å². The molecular formula is C16H26N2O3. The molecule has 0 fully saturated rings. The number of hydrogen-bond donors (Lipinski definition) is 3. The van der Waals surface area contributed by atoms with Gasteiger partial charge in [0.15, 0.2) is 0 Å². The Morgan fingerprint density at radius 2 is 1.86 bits per heavy atom. The number of carbonyl (C=O) groups is 1. The van der Waals surface area contributed by atoms with Crippen molar-refractivity contribution in [3.8, 4) is 5.75 Å². The Morgan fingerprint density at radius 1 is 1.24 bits per heavy atom. The average Bonchev–Trinajstić information content (AvgIpc) is 2.53. The molecule has 0 atom stereocenters. The van der Waals surface area contributed by atoms with Gasteiger partial charge in [0.1, 0.15) is 5.75 Å². The molecule has 0 aromatic heterocycles. The molecule has 0 heterocycles. The molecule has 0 saturated carbocycles. The average molecular weight is 294 g/mol. The topological polar surface area (TPSA) is 70.6 Å². The Balaban J connectivity index is 2.40. The van der Waals surface area contributed by atoms with Crippen LogP contribution in [0.3, 0.4) is 0 Å². The van der Waals surface area contributed by atoms with Crippen LogP contribution in [0.5, 0.6) is 5.75 Å². The van der Waals surface area contributed by atoms with Crippen LogP contribution >= 0.6 is 0 Å². The second-order valence-corrected chi connectivity index (χ2v) is 5.25. The molecule has 3 N–H and O–H groups in total. The third kappa shape index (κ3) is 5.36. The van der Waals surface area contributed by atoms with Crippen molar-refractivity contribution in [3.63, 3.8) is 0 Å². The number of rotatable bonds is 9. The van der Waals surface area contributed by atoms with Gasteiger partial charge in [-0.15, -0.1) is 0 Å². The Hall–Kier alpha value is -1.59. The monoisotopic (exact) mass is 294 g/mol. The summed E-state index contributed by atoms with van der Waals surface area (Å²) < 4.78 is 5.06. The molecule has 1 aromatic rings. The Bertz CT molecular complexity index is 419. The van der Waals surface area contributed by atoms with E-state index in [1.807, 2.05) is 0 Å². The summed E-state index contributed by atoms with van der Waals surface area (Å²) in [5, 5.41) is 15.4. The van der Waals surface area contributed by atoms with Gasteiger partial charge in [0, 0.05) is 24.3 Å². The van der Waals surface area contributed by atoms with E-state index in [-0.39, 0.29) is 24.5 Å². The molecule has 0 bridgehead atoms. The number of carbonyl (C=O) groups excluding carboxylic acids is 1. The summed E-state index contributed by atoms with van der Waals surface area (Å²) in [6, 6.07) is 7.20. The summed E-state index contributed by atoms with van der Waals surface area (Å²) in [6.07, 6.45) is 1.76. The zero-order chi connectivity index (χ0) is 15.7. The van der Waals surface area contributed by atoms with E-state index < -0.39 is 0 Å². The maximum atomic E-state index is 11.9. The van der Waals surface area contributed by atoms with Crippen molar-refractivity contribution in [1.29, 1.82) is 0 Å². The zero-order valence-electron chi connectivity index (χ0n) is 13.1. The van der Waals surface area contributed by atoms with Gasteiger partial charge in [-0.3, -0.25) is 4.79 Å². The molecule has 0 aliphatic carbocycles. The molecular weight excluding hydrogens is 268 g/mol. The number of aliphatic hydroxyl groups excluding tert-OH is 1. The van der Waals surface area contributed by atoms with Gasteiger partial charge in [-0.05, 0) is 37.1 Å². The lowest BCUT2D eigenvalue weighted by Gasteiger charge is -2.29. The molecule has 0 aliphatic heterocycles. The summed E-state index contributed by atoms with van der Waals surface area (Å²) in [6.45, 7) is 5.10. The van der Waals surface area contributed by atoms with Crippen LogP contribution in [0.2, 0.25) is 0 Å². The number of ether oxygens (including phenoxy) is 1. The Labute approximate surface area is 126 Å². The second-order valence-electron chi connectivity index (χ2n) is 5.25. The van der Waals surface area contributed by atoms with Crippen LogP contribution in [0.1, 0.15) is 26.7 Å². The van der Waals surface area contributed by atoms with E-state index >= 15 is 0 Å². The van der Waals surface area contributed by atoms with Crippen LogP contribution in [0.25, 0.3) is 0 Å². The standard InChI is InChI=1S/C16H26N2O3/c1-4-16(5-2,12-19)11-17-10-15(20)18-13-6-8-14(21-3)9-7-13/h6-9,17,19H,4-5,10-12H2,1-3H3,(H,18,20). The second kappa shape index (κ2) is 8.64. The van der Waals surface area contributed by atoms with Gasteiger partial charge in [0.05, 0.1) is 13.7 Å². The third-order valence-corrected chi connectivity index (χ3v) is 3.99. The van der Waals surface area contributed by atoms with Crippen LogP contribution in [-0.4, -0.2) is 37.8 Å². The molecule has 1 aromatic carbocycles. The van der Waals surface area contributed by atoms with E-state index in [2.05, 4.69) is 24.5 Å². The van der Waals surface area contributed by atoms with Gasteiger partial charge in [0.2, 0.25) is 5.91 Å². The molecule has 0 spiro atoms. The molecule has 0 radical (unpaired) electrons. The zero-order valence-corrected chi connectivity index (χ0v) is 13.1. The maximum Gasteiger partial charge on any atom is 0.238 e. The summed E-state index contributed by atoms with van der Waals surface area (Å²) in [5.74, 6) is 0.656. The molecule has 1 amide bonds. The summed E-state index contributed by atoms with van der Waals surface area (Å²) >= 11 is 0. The minimum absolute atomic E-state index is 0.0980. The predicted molar refractivity (Wildman–Crippen MR) is 84.6 cm³/mol. The van der Waals surface area contributed by atoms with Crippen LogP contribution < -0.4 is 15.4 Å². The molecule has 118 valence electrons. The highest BCUT2D eigenvalue weighted by Crippen LogP contribution is 2.24. The molecule has 1 rings (SSSR count). The van der Waals surface area contributed by atoms with Gasteiger partial charge in [0.25, 0.3) is 0 Å². The van der Waals surface area contributed by atoms with Crippen LogP contribution in [0.15, 0.2) is 24.3 Å². The largest absolute Gasteiger partial charge is 0.497 e. The number of benzene rings is 1. The van der Waals surface area contributed by atoms with Crippen molar-refractivity contribution < 1.29 is 14.6 Å². The molecule has 21 heavy (non-hydrogen) atoms. The van der Waals surface area contributed by atoms with E-state index in [1.54, 1.807) is 31.4 Å². The molecule has 0 unspecified atom stereocenters. The van der Waals surface area contributed by atoms with E-state index in [1.165, 1.54) is 0 Å². The highest BCUT2D eigenvalue weighted by Gasteiger charge is 2.24. The minimum Gasteiger partial charge on any atom is -0.497 e. The fraction of sp³-hybridized carbons (Fsp3) is 0.562. The van der Waals surface area contributed by atoms with E-state index in [0.29, 0.717) is 6.54 Å². The number of aliphatic hydroxyl groups is 1. The first-order chi connectivity index (χ1) is 10.1. The van der Waals surface area contributed by atoms with Crippen molar-refractivity contribution in [2.45, 2.75) is 26.7 Å². The SMILES string of the molecule is CCC(CC)(CO)CNCC(=O)Nc1ccc(OC)cc1. The quantitative estimate of drug-likeness (QED) is 0.651. The number of hydrogen-bond acceptors (Lipinski definition) is 4. The summed E-state index contributed by atoms with van der Waals surface area (Å²) in [7, 11) is 1.60. The van der Waals surface area contributed by atoms with Crippen LogP contribution in [0.4, 0.5) is 5.69 Å². The Kier molecular flexibility index (Phi) is 7.19. The van der Waals surface area contributed by atoms with Crippen LogP contribution in [0, 0.1) is 5.41 Å². The van der Waals surface area contributed by atoms with Crippen molar-refractivity contribution in [3.05, 3.63) is 24.3 Å². The number of nitrogens with one attached hydrogen (secondary N) is 2. The van der Waals surface area contributed by atoms with Gasteiger partial charge in [-0.2, -0.15) is 0 Å². The third-order valence-electron chi connectivity index (χ3n) is 3.99. The number of amides is 1. The van der Waals surface area contributed by atoms with Crippen molar-refractivity contribution in [2.75, 3.05) is 32.1 Å². The molecule has 0 saturated heterocycles. The highest BCUT2D eigenvalue weighted by atomic mass is 16.5. The summed E-state index contributed by atoms with van der Waals surface area (Å²) in [5.41, 5.74) is 0.599. The van der Waals surface area contributed by atoms with E-state index in [4.69, 9.17) is 4.74 Å². The summed E-state index contributed by atoms with van der Waals surface area (Å²) in [4.78, 5) is 11.9. The van der Waals surface area contributed by atoms with Crippen molar-refractivity contribution in [2.24, 2.45) is 5.41 Å². The lowest BCUT2D eigenvalue weighted by atomic mass is 9.83. The molecule has 5 nitrogen and oxygen atoms in total.